The zero-order valence-electron chi connectivity index (χ0n) is 20.1. The van der Waals surface area contributed by atoms with E-state index in [1.54, 1.807) is 60.8 Å². The van der Waals surface area contributed by atoms with Crippen LogP contribution in [0.3, 0.4) is 0 Å². The van der Waals surface area contributed by atoms with Gasteiger partial charge in [-0.15, -0.1) is 11.6 Å². The Morgan fingerprint density at radius 3 is 2.73 bits per heavy atom. The number of hydrogen-bond acceptors (Lipinski definition) is 3. The molecule has 37 heavy (non-hydrogen) atoms. The van der Waals surface area contributed by atoms with Crippen LogP contribution in [0.4, 0.5) is 15.8 Å². The third kappa shape index (κ3) is 8.13. The van der Waals surface area contributed by atoms with Crippen molar-refractivity contribution in [3.8, 4) is 0 Å². The number of thiocarbonyl (C=S) groups is 1. The Bertz CT molecular complexity index is 1230. The van der Waals surface area contributed by atoms with Crippen molar-refractivity contribution in [1.82, 2.24) is 10.6 Å². The molecule has 0 bridgehead atoms. The van der Waals surface area contributed by atoms with E-state index in [9.17, 15) is 9.59 Å². The maximum atomic E-state index is 15.0. The van der Waals surface area contributed by atoms with Gasteiger partial charge < -0.3 is 16.0 Å². The Labute approximate surface area is 226 Å². The molecule has 1 aliphatic heterocycles. The first kappa shape index (κ1) is 27.8. The highest BCUT2D eigenvalue weighted by Crippen LogP contribution is 2.26. The van der Waals surface area contributed by atoms with Gasteiger partial charge in [-0.2, -0.15) is 0 Å². The Morgan fingerprint density at radius 2 is 2.03 bits per heavy atom. The number of nitrogens with one attached hydrogen (secondary N) is 3. The number of carbonyl (C=O) groups is 2. The zero-order chi connectivity index (χ0) is 26.6. The number of alkyl halides is 1. The lowest BCUT2D eigenvalue weighted by atomic mass is 10.1. The Hall–Kier alpha value is -3.75. The van der Waals surface area contributed by atoms with Crippen LogP contribution in [0.5, 0.6) is 0 Å². The summed E-state index contributed by atoms with van der Waals surface area (Å²) in [7, 11) is 0. The normalized spacial score (nSPS) is 14.7. The van der Waals surface area contributed by atoms with E-state index in [0.29, 0.717) is 29.2 Å². The number of carbonyl (C=O) groups excluding carboxylic acids is 2. The number of amides is 2. The maximum absolute atomic E-state index is 15.0. The van der Waals surface area contributed by atoms with E-state index in [0.717, 1.165) is 12.8 Å². The molecule has 1 heterocycles. The summed E-state index contributed by atoms with van der Waals surface area (Å²) in [5.41, 5.74) is 1.64. The summed E-state index contributed by atoms with van der Waals surface area (Å²) in [5, 5.41) is 8.81. The highest BCUT2D eigenvalue weighted by molar-refractivity contribution is 7.80. The van der Waals surface area contributed by atoms with Crippen molar-refractivity contribution >= 4 is 52.1 Å². The highest BCUT2D eigenvalue weighted by atomic mass is 35.5. The summed E-state index contributed by atoms with van der Waals surface area (Å²) in [5.74, 6) is -0.965. The van der Waals surface area contributed by atoms with Gasteiger partial charge in [-0.3, -0.25) is 14.5 Å². The van der Waals surface area contributed by atoms with E-state index < -0.39 is 17.8 Å². The minimum Gasteiger partial charge on any atom is -0.347 e. The highest BCUT2D eigenvalue weighted by Gasteiger charge is 2.23. The summed E-state index contributed by atoms with van der Waals surface area (Å²) in [6, 6.07) is 12.3. The molecule has 2 aromatic carbocycles. The molecule has 2 amide bonds. The monoisotopic (exact) mass is 538 g/mol. The summed E-state index contributed by atoms with van der Waals surface area (Å²) in [4.78, 5) is 27.1. The molecule has 1 atom stereocenters. The van der Waals surface area contributed by atoms with Gasteiger partial charge in [-0.1, -0.05) is 55.1 Å². The van der Waals surface area contributed by atoms with E-state index in [1.807, 2.05) is 12.1 Å². The van der Waals surface area contributed by atoms with Gasteiger partial charge in [0.15, 0.2) is 5.11 Å². The number of anilines is 2. The largest absolute Gasteiger partial charge is 0.347 e. The van der Waals surface area contributed by atoms with Crippen LogP contribution in [-0.2, 0) is 9.59 Å². The fourth-order valence-corrected chi connectivity index (χ4v) is 3.95. The molecule has 6 nitrogen and oxygen atoms in total. The number of nitrogens with zero attached hydrogens (tertiary/aromatic N) is 1. The van der Waals surface area contributed by atoms with Crippen molar-refractivity contribution in [3.05, 3.63) is 109 Å². The molecule has 1 aliphatic rings. The second kappa shape index (κ2) is 14.1. The molecular formula is C28H28ClFN4O2S. The summed E-state index contributed by atoms with van der Waals surface area (Å²) < 4.78 is 15.0. The first-order valence-corrected chi connectivity index (χ1v) is 12.6. The van der Waals surface area contributed by atoms with E-state index in [4.69, 9.17) is 23.8 Å². The fraction of sp³-hybridized carbons (Fsp3) is 0.179. The molecule has 0 aliphatic carbocycles. The van der Waals surface area contributed by atoms with Crippen LogP contribution in [0.15, 0.2) is 97.4 Å². The van der Waals surface area contributed by atoms with Gasteiger partial charge in [0.1, 0.15) is 11.9 Å². The Balaban J connectivity index is 1.79. The minimum atomic E-state index is -0.919. The second-order valence-corrected chi connectivity index (χ2v) is 8.77. The average Bonchev–Trinajstić information content (AvgIpc) is 3.11. The molecule has 3 rings (SSSR count). The number of allylic oxidation sites excluding steroid dienone is 5. The zero-order valence-corrected chi connectivity index (χ0v) is 21.7. The van der Waals surface area contributed by atoms with Gasteiger partial charge >= 0.3 is 0 Å². The molecule has 0 saturated carbocycles. The predicted octanol–water partition coefficient (Wildman–Crippen LogP) is 5.87. The summed E-state index contributed by atoms with van der Waals surface area (Å²) in [6.07, 6.45) is 12.2. The lowest BCUT2D eigenvalue weighted by Gasteiger charge is -2.22. The number of hydrogen-bond donors (Lipinski definition) is 3. The van der Waals surface area contributed by atoms with Crippen LogP contribution in [0.25, 0.3) is 0 Å². The van der Waals surface area contributed by atoms with Crippen molar-refractivity contribution in [3.63, 3.8) is 0 Å². The van der Waals surface area contributed by atoms with E-state index in [-0.39, 0.29) is 16.7 Å². The van der Waals surface area contributed by atoms with Crippen LogP contribution >= 0.6 is 23.8 Å². The quantitative estimate of drug-likeness (QED) is 0.212. The van der Waals surface area contributed by atoms with Crippen LogP contribution in [0, 0.1) is 5.82 Å². The molecule has 0 spiro atoms. The standard InChI is InChI=1S/C28H28ClFN4O2S/c1-2-10-21(13-9-17-29)31-28(37)33-26(20-11-5-3-6-12-20)27(36)32-24-16-15-22(19-23(24)30)34-18-8-4-7-14-25(34)35/h2-3,5-6,8-13,15-16,18-19,26H,1,4,7,14,17H2,(H,32,36)(H2,31,33,37)/b13-9-,21-10+/t26-/m1/s1. The molecule has 192 valence electrons. The number of benzene rings is 2. The third-order valence-corrected chi connectivity index (χ3v) is 5.78. The summed E-state index contributed by atoms with van der Waals surface area (Å²) >= 11 is 11.2. The molecule has 9 heteroatoms. The molecule has 0 unspecified atom stereocenters. The van der Waals surface area contributed by atoms with Crippen LogP contribution in [0.2, 0.25) is 0 Å². The molecule has 0 saturated heterocycles. The Kier molecular flexibility index (Phi) is 10.6. The van der Waals surface area contributed by atoms with Crippen molar-refractivity contribution in [1.29, 1.82) is 0 Å². The van der Waals surface area contributed by atoms with Gasteiger partial charge in [-0.05, 0) is 54.9 Å². The average molecular weight is 539 g/mol. The van der Waals surface area contributed by atoms with Crippen LogP contribution in [0.1, 0.15) is 30.9 Å². The van der Waals surface area contributed by atoms with Crippen molar-refractivity contribution < 1.29 is 14.0 Å². The first-order chi connectivity index (χ1) is 17.9. The SMILES string of the molecule is C=C/C=C(\C=C/CCl)NC(=S)N[C@@H](C(=O)Nc1ccc(N2C=CCCCC2=O)cc1F)c1ccccc1. The smallest absolute Gasteiger partial charge is 0.251 e. The van der Waals surface area contributed by atoms with E-state index in [1.165, 1.54) is 17.0 Å². The number of rotatable bonds is 9. The van der Waals surface area contributed by atoms with E-state index >= 15 is 4.39 Å². The molecule has 3 N–H and O–H groups in total. The maximum Gasteiger partial charge on any atom is 0.251 e. The van der Waals surface area contributed by atoms with Crippen molar-refractivity contribution in [2.45, 2.75) is 25.3 Å². The predicted molar refractivity (Wildman–Crippen MR) is 152 cm³/mol. The molecule has 0 radical (unpaired) electrons. The molecule has 2 aromatic rings. The lowest BCUT2D eigenvalue weighted by Crippen LogP contribution is -2.42. The van der Waals surface area contributed by atoms with Gasteiger partial charge in [0.25, 0.3) is 5.91 Å². The van der Waals surface area contributed by atoms with Gasteiger partial charge in [0, 0.05) is 30.3 Å². The van der Waals surface area contributed by atoms with Crippen LogP contribution < -0.4 is 20.9 Å². The third-order valence-electron chi connectivity index (χ3n) is 5.39. The number of halogens is 2. The minimum absolute atomic E-state index is 0.0149. The van der Waals surface area contributed by atoms with Crippen molar-refractivity contribution in [2.75, 3.05) is 16.1 Å². The fourth-order valence-electron chi connectivity index (χ4n) is 3.63. The second-order valence-electron chi connectivity index (χ2n) is 8.05. The molecule has 0 fully saturated rings. The lowest BCUT2D eigenvalue weighted by molar-refractivity contribution is -0.118. The topological polar surface area (TPSA) is 73.5 Å². The molecular weight excluding hydrogens is 511 g/mol. The van der Waals surface area contributed by atoms with Gasteiger partial charge in [0.05, 0.1) is 11.4 Å². The summed E-state index contributed by atoms with van der Waals surface area (Å²) in [6.45, 7) is 3.68. The van der Waals surface area contributed by atoms with Gasteiger partial charge in [0.2, 0.25) is 5.91 Å². The first-order valence-electron chi connectivity index (χ1n) is 11.7. The van der Waals surface area contributed by atoms with Crippen LogP contribution in [-0.4, -0.2) is 22.8 Å². The molecule has 0 aromatic heterocycles. The van der Waals surface area contributed by atoms with E-state index in [2.05, 4.69) is 22.5 Å². The van der Waals surface area contributed by atoms with Crippen molar-refractivity contribution in [2.24, 2.45) is 0 Å². The Morgan fingerprint density at radius 1 is 1.24 bits per heavy atom. The van der Waals surface area contributed by atoms with Gasteiger partial charge in [-0.25, -0.2) is 4.39 Å².